The lowest BCUT2D eigenvalue weighted by molar-refractivity contribution is 0.276. The summed E-state index contributed by atoms with van der Waals surface area (Å²) in [6, 6.07) is 0. The van der Waals surface area contributed by atoms with Gasteiger partial charge in [-0.25, -0.2) is 0 Å². The van der Waals surface area contributed by atoms with Gasteiger partial charge in [-0.15, -0.1) is 0 Å². The van der Waals surface area contributed by atoms with E-state index >= 15 is 0 Å². The van der Waals surface area contributed by atoms with Crippen molar-refractivity contribution in [3.05, 3.63) is 0 Å². The number of carbonyl (C=O) groups is 1. The summed E-state index contributed by atoms with van der Waals surface area (Å²) in [6.45, 7) is 4.51. The van der Waals surface area contributed by atoms with E-state index in [1.165, 1.54) is 56.7 Å². The number of hydrogen-bond donors (Lipinski definition) is 0. The molecule has 1 aliphatic heterocycles. The highest BCUT2D eigenvalue weighted by atomic mass is 32.2. The second kappa shape index (κ2) is 8.46. The summed E-state index contributed by atoms with van der Waals surface area (Å²) in [6.07, 6.45) is 9.30. The lowest BCUT2D eigenvalue weighted by Gasteiger charge is -2.20. The second-order valence-electron chi connectivity index (χ2n) is 4.62. The van der Waals surface area contributed by atoms with E-state index in [-0.39, 0.29) is 0 Å². The van der Waals surface area contributed by atoms with Crippen LogP contribution in [0.2, 0.25) is 0 Å². The van der Waals surface area contributed by atoms with E-state index in [1.54, 1.807) is 11.8 Å². The highest BCUT2D eigenvalue weighted by molar-refractivity contribution is 8.41. The molecule has 0 spiro atoms. The van der Waals surface area contributed by atoms with Gasteiger partial charge in [-0.3, -0.25) is 4.79 Å². The fourth-order valence-corrected chi connectivity index (χ4v) is 4.90. The monoisotopic (exact) mass is 260 g/mol. The Balaban J connectivity index is 2.26. The second-order valence-corrected chi connectivity index (χ2v) is 7.08. The van der Waals surface area contributed by atoms with Crippen molar-refractivity contribution >= 4 is 28.0 Å². The van der Waals surface area contributed by atoms with Crippen molar-refractivity contribution in [2.24, 2.45) is 5.92 Å². The fraction of sp³-hybridized carbons (Fsp3) is 0.923. The molecule has 0 amide bonds. The summed E-state index contributed by atoms with van der Waals surface area (Å²) >= 11 is 3.13. The van der Waals surface area contributed by atoms with Crippen LogP contribution < -0.4 is 0 Å². The van der Waals surface area contributed by atoms with Crippen LogP contribution in [0.3, 0.4) is 0 Å². The number of hydrogen-bond acceptors (Lipinski definition) is 3. The molecule has 16 heavy (non-hydrogen) atoms. The van der Waals surface area contributed by atoms with Crippen molar-refractivity contribution in [1.82, 2.24) is 0 Å². The van der Waals surface area contributed by atoms with Crippen LogP contribution in [0.4, 0.5) is 4.79 Å². The van der Waals surface area contributed by atoms with Crippen LogP contribution in [0.5, 0.6) is 0 Å². The summed E-state index contributed by atoms with van der Waals surface area (Å²) in [5.74, 6) is 1.84. The lowest BCUT2D eigenvalue weighted by atomic mass is 9.93. The smallest absolute Gasteiger partial charge is 0.246 e. The molecule has 3 heteroatoms. The van der Waals surface area contributed by atoms with Crippen LogP contribution in [0.25, 0.3) is 0 Å². The third kappa shape index (κ3) is 5.13. The Kier molecular flexibility index (Phi) is 7.63. The molecular formula is C13H24OS2. The SMILES string of the molecule is CCCCCCC(CCC)C1CSC(=O)S1. The van der Waals surface area contributed by atoms with E-state index in [1.807, 2.05) is 0 Å². The van der Waals surface area contributed by atoms with Crippen LogP contribution >= 0.6 is 23.5 Å². The largest absolute Gasteiger partial charge is 0.274 e. The van der Waals surface area contributed by atoms with Crippen LogP contribution in [0, 0.1) is 5.92 Å². The average Bonchev–Trinajstić information content (AvgIpc) is 2.69. The van der Waals surface area contributed by atoms with Crippen LogP contribution in [-0.2, 0) is 0 Å². The van der Waals surface area contributed by atoms with Gasteiger partial charge in [-0.1, -0.05) is 69.5 Å². The molecule has 1 nitrogen and oxygen atoms in total. The Morgan fingerprint density at radius 3 is 2.56 bits per heavy atom. The molecule has 0 aromatic rings. The molecule has 2 atom stereocenters. The van der Waals surface area contributed by atoms with E-state index in [9.17, 15) is 4.79 Å². The van der Waals surface area contributed by atoms with Crippen molar-refractivity contribution < 1.29 is 4.79 Å². The number of rotatable bonds is 8. The average molecular weight is 260 g/mol. The Bertz CT molecular complexity index is 206. The summed E-state index contributed by atoms with van der Waals surface area (Å²) in [5, 5.41) is 0.610. The fourth-order valence-electron chi connectivity index (χ4n) is 2.29. The summed E-state index contributed by atoms with van der Waals surface area (Å²) in [7, 11) is 0. The maximum absolute atomic E-state index is 11.3. The molecule has 1 heterocycles. The minimum Gasteiger partial charge on any atom is -0.274 e. The highest BCUT2D eigenvalue weighted by Gasteiger charge is 2.30. The third-order valence-corrected chi connectivity index (χ3v) is 5.89. The van der Waals surface area contributed by atoms with Crippen LogP contribution in [0.15, 0.2) is 0 Å². The quantitative estimate of drug-likeness (QED) is 0.548. The van der Waals surface area contributed by atoms with E-state index in [0.717, 1.165) is 11.7 Å². The molecule has 0 aromatic heterocycles. The molecule has 1 fully saturated rings. The van der Waals surface area contributed by atoms with E-state index in [0.29, 0.717) is 9.70 Å². The molecule has 0 aliphatic carbocycles. The van der Waals surface area contributed by atoms with Gasteiger partial charge in [0.1, 0.15) is 0 Å². The first kappa shape index (κ1) is 14.4. The van der Waals surface area contributed by atoms with E-state index in [4.69, 9.17) is 0 Å². The zero-order valence-electron chi connectivity index (χ0n) is 10.5. The minimum atomic E-state index is 0.347. The van der Waals surface area contributed by atoms with Gasteiger partial charge in [0.25, 0.3) is 0 Å². The minimum absolute atomic E-state index is 0.347. The molecule has 0 bridgehead atoms. The molecule has 94 valence electrons. The summed E-state index contributed by atoms with van der Waals surface area (Å²) in [5.41, 5.74) is 0. The van der Waals surface area contributed by atoms with Crippen molar-refractivity contribution in [3.63, 3.8) is 0 Å². The van der Waals surface area contributed by atoms with Gasteiger partial charge < -0.3 is 0 Å². The first-order valence-electron chi connectivity index (χ1n) is 6.61. The molecule has 0 aromatic carbocycles. The molecule has 1 saturated heterocycles. The Labute approximate surface area is 109 Å². The topological polar surface area (TPSA) is 17.1 Å². The first-order valence-corrected chi connectivity index (χ1v) is 8.47. The van der Waals surface area contributed by atoms with Gasteiger partial charge in [0, 0.05) is 11.0 Å². The lowest BCUT2D eigenvalue weighted by Crippen LogP contribution is -2.17. The van der Waals surface area contributed by atoms with Gasteiger partial charge in [0.2, 0.25) is 4.45 Å². The first-order chi connectivity index (χ1) is 7.77. The molecule has 1 aliphatic rings. The van der Waals surface area contributed by atoms with E-state index in [2.05, 4.69) is 13.8 Å². The van der Waals surface area contributed by atoms with Crippen LogP contribution in [0.1, 0.15) is 58.8 Å². The van der Waals surface area contributed by atoms with E-state index < -0.39 is 0 Å². The molecule has 0 radical (unpaired) electrons. The van der Waals surface area contributed by atoms with Crippen molar-refractivity contribution in [1.29, 1.82) is 0 Å². The molecule has 2 unspecified atom stereocenters. The summed E-state index contributed by atoms with van der Waals surface area (Å²) in [4.78, 5) is 11.3. The molecule has 0 N–H and O–H groups in total. The highest BCUT2D eigenvalue weighted by Crippen LogP contribution is 2.40. The number of carbonyl (C=O) groups excluding carboxylic acids is 1. The van der Waals surface area contributed by atoms with Gasteiger partial charge in [0.05, 0.1) is 0 Å². The van der Waals surface area contributed by atoms with Gasteiger partial charge in [0.15, 0.2) is 0 Å². The molecule has 1 rings (SSSR count). The Hall–Kier alpha value is 0.370. The van der Waals surface area contributed by atoms with Gasteiger partial charge >= 0.3 is 0 Å². The zero-order chi connectivity index (χ0) is 11.8. The number of unbranched alkanes of at least 4 members (excludes halogenated alkanes) is 3. The van der Waals surface area contributed by atoms with Crippen molar-refractivity contribution in [2.45, 2.75) is 64.0 Å². The maximum atomic E-state index is 11.3. The van der Waals surface area contributed by atoms with Crippen LogP contribution in [-0.4, -0.2) is 15.5 Å². The molecule has 0 saturated carbocycles. The standard InChI is InChI=1S/C13H24OS2/c1-3-5-6-7-9-11(8-4-2)12-10-15-13(14)16-12/h11-12H,3-10H2,1-2H3. The molecular weight excluding hydrogens is 236 g/mol. The maximum Gasteiger partial charge on any atom is 0.246 e. The Morgan fingerprint density at radius 1 is 1.19 bits per heavy atom. The predicted molar refractivity (Wildman–Crippen MR) is 76.4 cm³/mol. The summed E-state index contributed by atoms with van der Waals surface area (Å²) < 4.78 is 0.347. The van der Waals surface area contributed by atoms with Gasteiger partial charge in [-0.05, 0) is 18.8 Å². The predicted octanol–water partition coefficient (Wildman–Crippen LogP) is 5.34. The Morgan fingerprint density at radius 2 is 2.00 bits per heavy atom. The van der Waals surface area contributed by atoms with Crippen molar-refractivity contribution in [3.8, 4) is 0 Å². The van der Waals surface area contributed by atoms with Crippen molar-refractivity contribution in [2.75, 3.05) is 5.75 Å². The normalized spacial score (nSPS) is 22.6. The zero-order valence-corrected chi connectivity index (χ0v) is 12.2. The third-order valence-electron chi connectivity index (χ3n) is 3.23. The van der Waals surface area contributed by atoms with Gasteiger partial charge in [-0.2, -0.15) is 0 Å². The number of thioether (sulfide) groups is 2.